The summed E-state index contributed by atoms with van der Waals surface area (Å²) in [5, 5.41) is 0.808. The molecule has 0 radical (unpaired) electrons. The van der Waals surface area contributed by atoms with Crippen LogP contribution in [0.25, 0.3) is 11.1 Å². The quantitative estimate of drug-likeness (QED) is 0.262. The zero-order valence-corrected chi connectivity index (χ0v) is 27.4. The second-order valence-corrected chi connectivity index (χ2v) is 14.7. The normalized spacial score (nSPS) is 17.8. The highest BCUT2D eigenvalue weighted by atomic mass is 32.2. The third-order valence-electron chi connectivity index (χ3n) is 7.66. The van der Waals surface area contributed by atoms with Crippen LogP contribution in [0.2, 0.25) is 0 Å². The van der Waals surface area contributed by atoms with E-state index >= 15 is 0 Å². The van der Waals surface area contributed by atoms with Crippen molar-refractivity contribution in [2.24, 2.45) is 0 Å². The molecule has 0 saturated heterocycles. The number of hydrogen-bond acceptors (Lipinski definition) is 7. The van der Waals surface area contributed by atoms with Gasteiger partial charge < -0.3 is 0 Å². The first-order valence-electron chi connectivity index (χ1n) is 14.1. The van der Waals surface area contributed by atoms with Crippen LogP contribution in [0.5, 0.6) is 0 Å². The van der Waals surface area contributed by atoms with Crippen LogP contribution < -0.4 is 0 Å². The van der Waals surface area contributed by atoms with E-state index < -0.39 is 20.6 Å². The van der Waals surface area contributed by atoms with Crippen LogP contribution in [0, 0.1) is 27.7 Å². The zero-order valence-electron chi connectivity index (χ0n) is 25.8. The van der Waals surface area contributed by atoms with Crippen molar-refractivity contribution >= 4 is 31.8 Å². The predicted molar refractivity (Wildman–Crippen MR) is 172 cm³/mol. The van der Waals surface area contributed by atoms with Gasteiger partial charge in [-0.3, -0.25) is 14.2 Å². The van der Waals surface area contributed by atoms with Crippen LogP contribution in [-0.2, 0) is 20.6 Å². The molecule has 4 aromatic heterocycles. The van der Waals surface area contributed by atoms with Gasteiger partial charge in [0, 0.05) is 59.0 Å². The van der Waals surface area contributed by atoms with Gasteiger partial charge in [-0.05, 0) is 74.2 Å². The maximum Gasteiger partial charge on any atom is 0.193 e. The molecule has 0 N–H and O–H groups in total. The first kappa shape index (κ1) is 30.6. The summed E-state index contributed by atoms with van der Waals surface area (Å²) in [7, 11) is -4.41. The fourth-order valence-corrected chi connectivity index (χ4v) is 7.25. The SMILES string of the molecule is Cc1cnc2c(c1)C(c1ccc(C)c(S(C)(=O)=O)n1)=CC2C.Cc1cnc2c(c1)C(c1ccc(C)c(S(C)=O)n1)=CC2C. The van der Waals surface area contributed by atoms with E-state index in [9.17, 15) is 12.6 Å². The molecule has 4 heterocycles. The summed E-state index contributed by atoms with van der Waals surface area (Å²) in [4.78, 5) is 18.1. The fourth-order valence-electron chi connectivity index (χ4n) is 5.59. The van der Waals surface area contributed by atoms with Gasteiger partial charge in [0.15, 0.2) is 14.9 Å². The van der Waals surface area contributed by atoms with E-state index in [1.807, 2.05) is 57.4 Å². The van der Waals surface area contributed by atoms with Gasteiger partial charge in [-0.1, -0.05) is 38.1 Å². The Morgan fingerprint density at radius 2 is 1.19 bits per heavy atom. The van der Waals surface area contributed by atoms with Crippen LogP contribution >= 0.6 is 0 Å². The molecule has 0 fully saturated rings. The molecule has 2 aliphatic rings. The largest absolute Gasteiger partial charge is 0.260 e. The number of sulfone groups is 1. The number of aryl methyl sites for hydroxylation is 4. The molecule has 9 heteroatoms. The van der Waals surface area contributed by atoms with Crippen molar-refractivity contribution < 1.29 is 12.6 Å². The minimum atomic E-state index is -3.34. The van der Waals surface area contributed by atoms with Crippen molar-refractivity contribution in [1.29, 1.82) is 0 Å². The lowest BCUT2D eigenvalue weighted by molar-refractivity contribution is 0.597. The van der Waals surface area contributed by atoms with E-state index in [2.05, 4.69) is 58.1 Å². The van der Waals surface area contributed by atoms with Crippen LogP contribution in [0.1, 0.15) is 81.8 Å². The van der Waals surface area contributed by atoms with E-state index in [0.717, 1.165) is 56.0 Å². The molecule has 0 aromatic carbocycles. The lowest BCUT2D eigenvalue weighted by atomic mass is 10.0. The summed E-state index contributed by atoms with van der Waals surface area (Å²) in [5.41, 5.74) is 11.8. The van der Waals surface area contributed by atoms with Crippen molar-refractivity contribution in [2.45, 2.75) is 63.4 Å². The molecule has 7 nitrogen and oxygen atoms in total. The van der Waals surface area contributed by atoms with Crippen molar-refractivity contribution in [3.63, 3.8) is 0 Å². The Balaban J connectivity index is 0.000000171. The highest BCUT2D eigenvalue weighted by Gasteiger charge is 2.26. The summed E-state index contributed by atoms with van der Waals surface area (Å²) >= 11 is 0. The maximum absolute atomic E-state index is 11.9. The minimum Gasteiger partial charge on any atom is -0.260 e. The van der Waals surface area contributed by atoms with Crippen LogP contribution in [-0.4, -0.2) is 45.1 Å². The molecule has 0 bridgehead atoms. The van der Waals surface area contributed by atoms with Crippen LogP contribution in [0.15, 0.2) is 71.0 Å². The molecule has 0 spiro atoms. The number of rotatable bonds is 4. The molecule has 0 saturated carbocycles. The number of fused-ring (bicyclic) bond motifs is 2. The molecule has 0 amide bonds. The maximum atomic E-state index is 11.9. The molecule has 6 rings (SSSR count). The van der Waals surface area contributed by atoms with Gasteiger partial charge in [-0.15, -0.1) is 0 Å². The van der Waals surface area contributed by atoms with Gasteiger partial charge in [0.25, 0.3) is 0 Å². The average molecular weight is 613 g/mol. The fraction of sp³-hybridized carbons (Fsp3) is 0.294. The summed E-state index contributed by atoms with van der Waals surface area (Å²) in [6.07, 6.45) is 10.9. The number of allylic oxidation sites excluding steroid dienone is 2. The summed E-state index contributed by atoms with van der Waals surface area (Å²) in [5.74, 6) is 0.490. The van der Waals surface area contributed by atoms with Crippen molar-refractivity contribution in [3.05, 3.63) is 117 Å². The van der Waals surface area contributed by atoms with Crippen LogP contribution in [0.4, 0.5) is 0 Å². The molecule has 2 aliphatic carbocycles. The topological polar surface area (TPSA) is 103 Å². The lowest BCUT2D eigenvalue weighted by Gasteiger charge is -2.09. The standard InChI is InChI=1S/C17H18N2O2S.C17H18N2OS/c1-10-7-14-13(8-12(3)16(14)18-9-10)15-6-5-11(2)17(19-15)22(4,20)21;1-10-7-14-13(8-12(3)16(14)18-9-10)15-6-5-11(2)17(19-15)21(4)20/h5-9,12H,1-4H3;5-9,12H,1-4H3. The van der Waals surface area contributed by atoms with Gasteiger partial charge >= 0.3 is 0 Å². The molecular formula is C34H36N4O3S2. The van der Waals surface area contributed by atoms with Gasteiger partial charge in [0.2, 0.25) is 0 Å². The Labute approximate surface area is 256 Å². The van der Waals surface area contributed by atoms with Gasteiger partial charge in [-0.25, -0.2) is 18.4 Å². The first-order chi connectivity index (χ1) is 20.2. The molecule has 3 unspecified atom stereocenters. The summed E-state index contributed by atoms with van der Waals surface area (Å²) in [6.45, 7) is 12.0. The van der Waals surface area contributed by atoms with E-state index in [-0.39, 0.29) is 16.9 Å². The van der Waals surface area contributed by atoms with E-state index in [1.165, 1.54) is 6.26 Å². The van der Waals surface area contributed by atoms with Crippen LogP contribution in [0.3, 0.4) is 0 Å². The number of aromatic nitrogens is 4. The highest BCUT2D eigenvalue weighted by molar-refractivity contribution is 7.90. The zero-order chi connectivity index (χ0) is 31.2. The van der Waals surface area contributed by atoms with Crippen molar-refractivity contribution in [1.82, 2.24) is 19.9 Å². The predicted octanol–water partition coefficient (Wildman–Crippen LogP) is 6.43. The minimum absolute atomic E-state index is 0.146. The van der Waals surface area contributed by atoms with E-state index in [4.69, 9.17) is 0 Å². The Morgan fingerprint density at radius 3 is 1.65 bits per heavy atom. The van der Waals surface area contributed by atoms with Crippen molar-refractivity contribution in [2.75, 3.05) is 12.5 Å². The summed E-state index contributed by atoms with van der Waals surface area (Å²) in [6, 6.07) is 11.9. The molecule has 43 heavy (non-hydrogen) atoms. The monoisotopic (exact) mass is 612 g/mol. The average Bonchev–Trinajstić information content (AvgIpc) is 3.44. The Morgan fingerprint density at radius 1 is 0.721 bits per heavy atom. The van der Waals surface area contributed by atoms with Gasteiger partial charge in [0.05, 0.1) is 33.6 Å². The van der Waals surface area contributed by atoms with E-state index in [0.29, 0.717) is 16.3 Å². The molecule has 4 aromatic rings. The first-order valence-corrected chi connectivity index (χ1v) is 17.6. The second-order valence-electron chi connectivity index (χ2n) is 11.5. The van der Waals surface area contributed by atoms with Gasteiger partial charge in [-0.2, -0.15) is 0 Å². The van der Waals surface area contributed by atoms with Gasteiger partial charge in [0.1, 0.15) is 5.03 Å². The Bertz CT molecular complexity index is 1960. The van der Waals surface area contributed by atoms with Crippen molar-refractivity contribution in [3.8, 4) is 0 Å². The third-order valence-corrected chi connectivity index (χ3v) is 9.74. The third kappa shape index (κ3) is 6.15. The smallest absolute Gasteiger partial charge is 0.193 e. The number of nitrogens with zero attached hydrogens (tertiary/aromatic N) is 4. The second kappa shape index (κ2) is 11.7. The Kier molecular flexibility index (Phi) is 8.33. The molecular weight excluding hydrogens is 577 g/mol. The lowest BCUT2D eigenvalue weighted by Crippen LogP contribution is -2.05. The molecule has 0 aliphatic heterocycles. The number of hydrogen-bond donors (Lipinski definition) is 0. The van der Waals surface area contributed by atoms with E-state index in [1.54, 1.807) is 13.2 Å². The highest BCUT2D eigenvalue weighted by Crippen LogP contribution is 2.39. The molecule has 222 valence electrons. The number of pyridine rings is 4. The summed E-state index contributed by atoms with van der Waals surface area (Å²) < 4.78 is 35.6. The Hall–Kier alpha value is -3.82. The molecule has 3 atom stereocenters.